The molecule has 16 heavy (non-hydrogen) atoms. The van der Waals surface area contributed by atoms with E-state index in [1.165, 1.54) is 4.88 Å². The van der Waals surface area contributed by atoms with E-state index in [1.54, 1.807) is 11.3 Å². The van der Waals surface area contributed by atoms with Crippen LogP contribution in [0.2, 0.25) is 0 Å². The molecule has 0 atom stereocenters. The Morgan fingerprint density at radius 2 is 2.19 bits per heavy atom. The number of likely N-dealkylation sites (N-methyl/N-ethyl adjacent to an activating group) is 1. The van der Waals surface area contributed by atoms with Crippen LogP contribution in [0, 0.1) is 11.8 Å². The summed E-state index contributed by atoms with van der Waals surface area (Å²) in [6, 6.07) is 4.02. The van der Waals surface area contributed by atoms with E-state index in [0.29, 0.717) is 6.54 Å². The Bertz CT molecular complexity index is 365. The Kier molecular flexibility index (Phi) is 6.12. The van der Waals surface area contributed by atoms with Crippen molar-refractivity contribution >= 4 is 11.3 Å². The van der Waals surface area contributed by atoms with Crippen LogP contribution in [0.3, 0.4) is 0 Å². The molecule has 0 unspecified atom stereocenters. The average molecular weight is 239 g/mol. The number of aliphatic hydroxyl groups is 2. The van der Waals surface area contributed by atoms with Gasteiger partial charge in [0.1, 0.15) is 6.61 Å². The van der Waals surface area contributed by atoms with Crippen molar-refractivity contribution in [3.8, 4) is 11.8 Å². The minimum Gasteiger partial charge on any atom is -0.395 e. The first kappa shape index (κ1) is 13.2. The molecule has 0 spiro atoms. The van der Waals surface area contributed by atoms with Gasteiger partial charge in [0.2, 0.25) is 0 Å². The molecule has 0 bridgehead atoms. The fourth-order valence-corrected chi connectivity index (χ4v) is 2.29. The van der Waals surface area contributed by atoms with Crippen molar-refractivity contribution in [3.05, 3.63) is 21.9 Å². The lowest BCUT2D eigenvalue weighted by Crippen LogP contribution is -2.25. The van der Waals surface area contributed by atoms with Crippen LogP contribution in [0.25, 0.3) is 0 Å². The number of hydrogen-bond donors (Lipinski definition) is 2. The second kappa shape index (κ2) is 7.42. The van der Waals surface area contributed by atoms with Gasteiger partial charge in [-0.15, -0.1) is 11.3 Å². The maximum Gasteiger partial charge on any atom is 0.104 e. The molecule has 2 N–H and O–H groups in total. The van der Waals surface area contributed by atoms with E-state index in [-0.39, 0.29) is 13.2 Å². The van der Waals surface area contributed by atoms with Crippen molar-refractivity contribution < 1.29 is 10.2 Å². The third-order valence-electron chi connectivity index (χ3n) is 2.20. The molecule has 4 heteroatoms. The molecular formula is C12H17NO2S. The van der Waals surface area contributed by atoms with Gasteiger partial charge in [-0.2, -0.15) is 0 Å². The van der Waals surface area contributed by atoms with Crippen LogP contribution in [0.5, 0.6) is 0 Å². The molecule has 0 amide bonds. The molecule has 0 saturated heterocycles. The first-order chi connectivity index (χ1) is 7.80. The standard InChI is InChI=1S/C12H17NO2S/c1-2-13(7-9-15)10-12-6-5-11(16-12)4-3-8-14/h5-6,14-15H,2,7-10H2,1H3. The Morgan fingerprint density at radius 1 is 1.38 bits per heavy atom. The van der Waals surface area contributed by atoms with Crippen molar-refractivity contribution in [3.63, 3.8) is 0 Å². The molecule has 1 aromatic heterocycles. The average Bonchev–Trinajstić information content (AvgIpc) is 2.73. The molecule has 0 aromatic carbocycles. The lowest BCUT2D eigenvalue weighted by Gasteiger charge is -2.17. The van der Waals surface area contributed by atoms with Crippen LogP contribution in [-0.4, -0.2) is 41.4 Å². The van der Waals surface area contributed by atoms with E-state index in [2.05, 4.69) is 23.7 Å². The fourth-order valence-electron chi connectivity index (χ4n) is 1.37. The zero-order valence-corrected chi connectivity index (χ0v) is 10.3. The predicted molar refractivity (Wildman–Crippen MR) is 66.3 cm³/mol. The van der Waals surface area contributed by atoms with Crippen molar-refractivity contribution in [1.82, 2.24) is 4.90 Å². The molecule has 0 aliphatic heterocycles. The quantitative estimate of drug-likeness (QED) is 0.751. The summed E-state index contributed by atoms with van der Waals surface area (Å²) in [5, 5.41) is 17.5. The summed E-state index contributed by atoms with van der Waals surface area (Å²) in [5.41, 5.74) is 0. The summed E-state index contributed by atoms with van der Waals surface area (Å²) in [6.45, 7) is 4.65. The molecule has 1 heterocycles. The zero-order valence-electron chi connectivity index (χ0n) is 9.44. The van der Waals surface area contributed by atoms with Crippen LogP contribution in [0.15, 0.2) is 12.1 Å². The minimum atomic E-state index is -0.0984. The van der Waals surface area contributed by atoms with Crippen LogP contribution < -0.4 is 0 Å². The number of thiophene rings is 1. The summed E-state index contributed by atoms with van der Waals surface area (Å²) in [4.78, 5) is 4.39. The molecule has 3 nitrogen and oxygen atoms in total. The second-order valence-corrected chi connectivity index (χ2v) is 4.49. The van der Waals surface area contributed by atoms with Gasteiger partial charge in [-0.25, -0.2) is 0 Å². The lowest BCUT2D eigenvalue weighted by molar-refractivity contribution is 0.198. The number of rotatable bonds is 5. The monoisotopic (exact) mass is 239 g/mol. The molecule has 0 aliphatic carbocycles. The van der Waals surface area contributed by atoms with Crippen molar-refractivity contribution in [1.29, 1.82) is 0 Å². The summed E-state index contributed by atoms with van der Waals surface area (Å²) in [6.07, 6.45) is 0. The van der Waals surface area contributed by atoms with E-state index in [9.17, 15) is 0 Å². The lowest BCUT2D eigenvalue weighted by atomic mass is 10.4. The topological polar surface area (TPSA) is 43.7 Å². The van der Waals surface area contributed by atoms with Gasteiger partial charge in [-0.05, 0) is 18.7 Å². The van der Waals surface area contributed by atoms with Gasteiger partial charge < -0.3 is 10.2 Å². The van der Waals surface area contributed by atoms with E-state index in [1.807, 2.05) is 12.1 Å². The molecular weight excluding hydrogens is 222 g/mol. The largest absolute Gasteiger partial charge is 0.395 e. The van der Waals surface area contributed by atoms with Gasteiger partial charge in [0, 0.05) is 18.0 Å². The summed E-state index contributed by atoms with van der Waals surface area (Å²) < 4.78 is 0. The summed E-state index contributed by atoms with van der Waals surface area (Å²) >= 11 is 1.63. The van der Waals surface area contributed by atoms with Crippen LogP contribution in [-0.2, 0) is 6.54 Å². The van der Waals surface area contributed by atoms with E-state index >= 15 is 0 Å². The molecule has 0 fully saturated rings. The maximum absolute atomic E-state index is 8.88. The van der Waals surface area contributed by atoms with E-state index < -0.39 is 0 Å². The predicted octanol–water partition coefficient (Wildman–Crippen LogP) is 0.906. The van der Waals surface area contributed by atoms with Crippen molar-refractivity contribution in [2.24, 2.45) is 0 Å². The van der Waals surface area contributed by atoms with Gasteiger partial charge in [0.25, 0.3) is 0 Å². The first-order valence-electron chi connectivity index (χ1n) is 5.31. The Labute approximate surface area is 100 Å². The zero-order chi connectivity index (χ0) is 11.8. The number of nitrogens with zero attached hydrogens (tertiary/aromatic N) is 1. The van der Waals surface area contributed by atoms with Crippen molar-refractivity contribution in [2.45, 2.75) is 13.5 Å². The smallest absolute Gasteiger partial charge is 0.104 e. The Balaban J connectivity index is 2.56. The minimum absolute atomic E-state index is 0.0984. The summed E-state index contributed by atoms with van der Waals surface area (Å²) in [5.74, 6) is 5.52. The highest BCUT2D eigenvalue weighted by molar-refractivity contribution is 7.12. The van der Waals surface area contributed by atoms with E-state index in [0.717, 1.165) is 18.0 Å². The van der Waals surface area contributed by atoms with Crippen molar-refractivity contribution in [2.75, 3.05) is 26.3 Å². The van der Waals surface area contributed by atoms with Crippen LogP contribution >= 0.6 is 11.3 Å². The molecule has 0 saturated carbocycles. The Morgan fingerprint density at radius 3 is 2.81 bits per heavy atom. The van der Waals surface area contributed by atoms with Crippen LogP contribution in [0.1, 0.15) is 16.7 Å². The molecule has 1 rings (SSSR count). The van der Waals surface area contributed by atoms with Gasteiger partial charge in [-0.1, -0.05) is 18.8 Å². The fraction of sp³-hybridized carbons (Fsp3) is 0.500. The number of hydrogen-bond acceptors (Lipinski definition) is 4. The molecule has 0 aliphatic rings. The Hall–Kier alpha value is -0.860. The third-order valence-corrected chi connectivity index (χ3v) is 3.18. The van der Waals surface area contributed by atoms with Gasteiger partial charge >= 0.3 is 0 Å². The normalized spacial score (nSPS) is 10.2. The first-order valence-corrected chi connectivity index (χ1v) is 6.13. The van der Waals surface area contributed by atoms with Gasteiger partial charge in [0.15, 0.2) is 0 Å². The maximum atomic E-state index is 8.88. The van der Waals surface area contributed by atoms with E-state index in [4.69, 9.17) is 10.2 Å². The molecule has 1 aromatic rings. The van der Waals surface area contributed by atoms with Crippen LogP contribution in [0.4, 0.5) is 0 Å². The third kappa shape index (κ3) is 4.33. The highest BCUT2D eigenvalue weighted by Gasteiger charge is 2.04. The molecule has 0 radical (unpaired) electrons. The van der Waals surface area contributed by atoms with Gasteiger partial charge in [-0.3, -0.25) is 4.90 Å². The summed E-state index contributed by atoms with van der Waals surface area (Å²) in [7, 11) is 0. The second-order valence-electron chi connectivity index (χ2n) is 3.32. The SMILES string of the molecule is CCN(CCO)Cc1ccc(C#CCO)s1. The molecule has 88 valence electrons. The highest BCUT2D eigenvalue weighted by Crippen LogP contribution is 2.17. The highest BCUT2D eigenvalue weighted by atomic mass is 32.1. The van der Waals surface area contributed by atoms with Gasteiger partial charge in [0.05, 0.1) is 11.5 Å². The number of aliphatic hydroxyl groups excluding tert-OH is 2.